The number of nitrogens with zero attached hydrogens (tertiary/aromatic N) is 2. The van der Waals surface area contributed by atoms with Crippen molar-refractivity contribution in [2.24, 2.45) is 0 Å². The highest BCUT2D eigenvalue weighted by Gasteiger charge is 2.06. The number of anilines is 2. The van der Waals surface area contributed by atoms with E-state index in [2.05, 4.69) is 39.7 Å². The summed E-state index contributed by atoms with van der Waals surface area (Å²) in [5, 5.41) is 5.82. The van der Waals surface area contributed by atoms with Crippen LogP contribution in [0.1, 0.15) is 22.8 Å². The fourth-order valence-electron chi connectivity index (χ4n) is 1.83. The van der Waals surface area contributed by atoms with Crippen LogP contribution in [0.25, 0.3) is 0 Å². The van der Waals surface area contributed by atoms with Gasteiger partial charge in [0.1, 0.15) is 0 Å². The van der Waals surface area contributed by atoms with Gasteiger partial charge in [-0.05, 0) is 24.1 Å². The van der Waals surface area contributed by atoms with E-state index in [-0.39, 0.29) is 5.91 Å². The molecular formula is C16H20N4O2. The van der Waals surface area contributed by atoms with Crippen LogP contribution in [0.5, 0.6) is 0 Å². The first-order valence-corrected chi connectivity index (χ1v) is 7.18. The van der Waals surface area contributed by atoms with Crippen molar-refractivity contribution in [1.29, 1.82) is 0 Å². The molecule has 0 saturated heterocycles. The lowest BCUT2D eigenvalue weighted by atomic mass is 10.1. The van der Waals surface area contributed by atoms with Gasteiger partial charge in [0, 0.05) is 31.7 Å². The molecular weight excluding hydrogens is 280 g/mol. The Morgan fingerprint density at radius 1 is 1.18 bits per heavy atom. The van der Waals surface area contributed by atoms with Gasteiger partial charge in [-0.3, -0.25) is 4.79 Å². The molecule has 0 unspecified atom stereocenters. The van der Waals surface area contributed by atoms with E-state index >= 15 is 0 Å². The van der Waals surface area contributed by atoms with Crippen molar-refractivity contribution in [1.82, 2.24) is 15.3 Å². The first-order valence-electron chi connectivity index (χ1n) is 7.18. The molecule has 1 aromatic heterocycles. The fraction of sp³-hybridized carbons (Fsp3) is 0.312. The summed E-state index contributed by atoms with van der Waals surface area (Å²) in [5.74, 6) is 0.244. The zero-order valence-corrected chi connectivity index (χ0v) is 12.8. The second-order valence-electron chi connectivity index (χ2n) is 4.72. The molecule has 0 aliphatic carbocycles. The van der Waals surface area contributed by atoms with Crippen LogP contribution in [0.4, 0.5) is 11.6 Å². The van der Waals surface area contributed by atoms with Crippen molar-refractivity contribution in [3.05, 3.63) is 47.8 Å². The number of ether oxygens (including phenoxy) is 1. The predicted octanol–water partition coefficient (Wildman–Crippen LogP) is 2.16. The second-order valence-corrected chi connectivity index (χ2v) is 4.72. The number of methoxy groups -OCH3 is 1. The number of hydrogen-bond acceptors (Lipinski definition) is 5. The Bertz CT molecular complexity index is 597. The number of amides is 1. The summed E-state index contributed by atoms with van der Waals surface area (Å²) >= 11 is 0. The van der Waals surface area contributed by atoms with E-state index in [0.717, 1.165) is 12.1 Å². The van der Waals surface area contributed by atoms with Gasteiger partial charge in [0.15, 0.2) is 0 Å². The van der Waals surface area contributed by atoms with E-state index in [9.17, 15) is 4.79 Å². The molecule has 6 heteroatoms. The van der Waals surface area contributed by atoms with Gasteiger partial charge in [-0.25, -0.2) is 9.97 Å². The Labute approximate surface area is 129 Å². The highest BCUT2D eigenvalue weighted by atomic mass is 16.5. The number of aryl methyl sites for hydroxylation is 1. The monoisotopic (exact) mass is 300 g/mol. The Hall–Kier alpha value is -2.47. The van der Waals surface area contributed by atoms with Crippen LogP contribution in [0.15, 0.2) is 36.7 Å². The molecule has 2 N–H and O–H groups in total. The molecule has 0 radical (unpaired) electrons. The lowest BCUT2D eigenvalue weighted by Crippen LogP contribution is -2.27. The van der Waals surface area contributed by atoms with E-state index in [1.54, 1.807) is 7.11 Å². The highest BCUT2D eigenvalue weighted by molar-refractivity contribution is 5.93. The summed E-state index contributed by atoms with van der Waals surface area (Å²) in [6.07, 6.45) is 4.00. The second kappa shape index (κ2) is 8.09. The van der Waals surface area contributed by atoms with E-state index < -0.39 is 0 Å². The normalized spacial score (nSPS) is 10.3. The highest BCUT2D eigenvalue weighted by Crippen LogP contribution is 2.14. The predicted molar refractivity (Wildman–Crippen MR) is 85.3 cm³/mol. The molecule has 0 fully saturated rings. The standard InChI is InChI=1S/C16H20N4O2/c1-3-12-4-6-14(7-5-12)20-16-18-10-13(11-19-16)15(21)17-8-9-22-2/h4-7,10-11H,3,8-9H2,1-2H3,(H,17,21)(H,18,19,20). The first kappa shape index (κ1) is 15.9. The smallest absolute Gasteiger partial charge is 0.254 e. The van der Waals surface area contributed by atoms with E-state index in [4.69, 9.17) is 4.74 Å². The number of carbonyl (C=O) groups is 1. The van der Waals surface area contributed by atoms with Crippen LogP contribution in [-0.4, -0.2) is 36.1 Å². The number of benzene rings is 1. The Kier molecular flexibility index (Phi) is 5.85. The summed E-state index contributed by atoms with van der Waals surface area (Å²) in [6, 6.07) is 8.07. The van der Waals surface area contributed by atoms with Gasteiger partial charge < -0.3 is 15.4 Å². The van der Waals surface area contributed by atoms with Crippen LogP contribution >= 0.6 is 0 Å². The minimum atomic E-state index is -0.212. The van der Waals surface area contributed by atoms with Crippen molar-refractivity contribution in [3.63, 3.8) is 0 Å². The van der Waals surface area contributed by atoms with Crippen LogP contribution in [0.2, 0.25) is 0 Å². The fourth-order valence-corrected chi connectivity index (χ4v) is 1.83. The zero-order valence-electron chi connectivity index (χ0n) is 12.8. The van der Waals surface area contributed by atoms with Crippen molar-refractivity contribution in [3.8, 4) is 0 Å². The number of hydrogen-bond donors (Lipinski definition) is 2. The molecule has 2 rings (SSSR count). The quantitative estimate of drug-likeness (QED) is 0.766. The summed E-state index contributed by atoms with van der Waals surface area (Å²) in [6.45, 7) is 3.04. The van der Waals surface area contributed by atoms with Crippen LogP contribution < -0.4 is 10.6 Å². The van der Waals surface area contributed by atoms with Gasteiger partial charge in [0.25, 0.3) is 5.91 Å². The topological polar surface area (TPSA) is 76.1 Å². The van der Waals surface area contributed by atoms with Crippen molar-refractivity contribution in [2.45, 2.75) is 13.3 Å². The largest absolute Gasteiger partial charge is 0.383 e. The number of carbonyl (C=O) groups excluding carboxylic acids is 1. The van der Waals surface area contributed by atoms with Gasteiger partial charge in [-0.15, -0.1) is 0 Å². The summed E-state index contributed by atoms with van der Waals surface area (Å²) in [7, 11) is 1.59. The SMILES string of the molecule is CCc1ccc(Nc2ncc(C(=O)NCCOC)cn2)cc1. The van der Waals surface area contributed by atoms with Gasteiger partial charge in [0.2, 0.25) is 5.95 Å². The van der Waals surface area contributed by atoms with E-state index in [1.807, 2.05) is 12.1 Å². The molecule has 2 aromatic rings. The lowest BCUT2D eigenvalue weighted by Gasteiger charge is -2.07. The lowest BCUT2D eigenvalue weighted by molar-refractivity contribution is 0.0936. The average Bonchev–Trinajstić information content (AvgIpc) is 2.56. The third-order valence-electron chi connectivity index (χ3n) is 3.12. The first-order chi connectivity index (χ1) is 10.7. The summed E-state index contributed by atoms with van der Waals surface area (Å²) in [5.41, 5.74) is 2.60. The van der Waals surface area contributed by atoms with Crippen molar-refractivity contribution >= 4 is 17.5 Å². The maximum atomic E-state index is 11.8. The minimum Gasteiger partial charge on any atom is -0.383 e. The molecule has 22 heavy (non-hydrogen) atoms. The molecule has 1 heterocycles. The van der Waals surface area contributed by atoms with E-state index in [1.165, 1.54) is 18.0 Å². The van der Waals surface area contributed by atoms with Crippen molar-refractivity contribution < 1.29 is 9.53 Å². The summed E-state index contributed by atoms with van der Waals surface area (Å²) in [4.78, 5) is 20.1. The molecule has 0 atom stereocenters. The van der Waals surface area contributed by atoms with Gasteiger partial charge >= 0.3 is 0 Å². The molecule has 1 amide bonds. The molecule has 0 saturated carbocycles. The zero-order chi connectivity index (χ0) is 15.8. The van der Waals surface area contributed by atoms with Gasteiger partial charge in [0.05, 0.1) is 12.2 Å². The van der Waals surface area contributed by atoms with E-state index in [0.29, 0.717) is 24.7 Å². The Morgan fingerprint density at radius 2 is 1.86 bits per heavy atom. The molecule has 0 aliphatic heterocycles. The molecule has 1 aromatic carbocycles. The number of nitrogens with one attached hydrogen (secondary N) is 2. The third kappa shape index (κ3) is 4.53. The van der Waals surface area contributed by atoms with Crippen molar-refractivity contribution in [2.75, 3.05) is 25.6 Å². The maximum absolute atomic E-state index is 11.8. The molecule has 0 spiro atoms. The Balaban J connectivity index is 1.94. The average molecular weight is 300 g/mol. The van der Waals surface area contributed by atoms with Gasteiger partial charge in [-0.2, -0.15) is 0 Å². The Morgan fingerprint density at radius 3 is 2.45 bits per heavy atom. The van der Waals surface area contributed by atoms with Crippen LogP contribution in [-0.2, 0) is 11.2 Å². The van der Waals surface area contributed by atoms with Gasteiger partial charge in [-0.1, -0.05) is 19.1 Å². The molecule has 0 aliphatic rings. The molecule has 6 nitrogen and oxygen atoms in total. The minimum absolute atomic E-state index is 0.212. The van der Waals surface area contributed by atoms with Crippen LogP contribution in [0, 0.1) is 0 Å². The summed E-state index contributed by atoms with van der Waals surface area (Å²) < 4.78 is 4.87. The number of aromatic nitrogens is 2. The third-order valence-corrected chi connectivity index (χ3v) is 3.12. The maximum Gasteiger partial charge on any atom is 0.254 e. The molecule has 0 bridgehead atoms. The number of rotatable bonds is 7. The molecule has 116 valence electrons. The van der Waals surface area contributed by atoms with Crippen LogP contribution in [0.3, 0.4) is 0 Å².